The number of carbonyl (C=O) groups is 2. The van der Waals surface area contributed by atoms with Gasteiger partial charge in [-0.25, -0.2) is 0 Å². The first-order chi connectivity index (χ1) is 10.3. The quantitative estimate of drug-likeness (QED) is 0.868. The zero-order valence-electron chi connectivity index (χ0n) is 13.7. The molecule has 2 amide bonds. The fourth-order valence-electron chi connectivity index (χ4n) is 2.35. The van der Waals surface area contributed by atoms with Gasteiger partial charge in [0, 0.05) is 36.2 Å². The molecule has 0 fully saturated rings. The van der Waals surface area contributed by atoms with Gasteiger partial charge in [0.05, 0.1) is 5.69 Å². The fraction of sp³-hybridized carbons (Fsp3) is 0.500. The van der Waals surface area contributed by atoms with Crippen molar-refractivity contribution < 1.29 is 9.59 Å². The van der Waals surface area contributed by atoms with Gasteiger partial charge < -0.3 is 16.0 Å². The van der Waals surface area contributed by atoms with E-state index in [4.69, 9.17) is 5.73 Å². The van der Waals surface area contributed by atoms with Crippen molar-refractivity contribution in [3.8, 4) is 0 Å². The first kappa shape index (κ1) is 19.8. The van der Waals surface area contributed by atoms with E-state index in [1.165, 1.54) is 0 Å². The molecule has 0 aliphatic carbocycles. The smallest absolute Gasteiger partial charge is 0.253 e. The molecule has 7 heteroatoms. The molecule has 5 nitrogen and oxygen atoms in total. The molecule has 3 N–H and O–H groups in total. The van der Waals surface area contributed by atoms with E-state index in [-0.39, 0.29) is 29.6 Å². The summed E-state index contributed by atoms with van der Waals surface area (Å²) in [6, 6.07) is 5.48. The summed E-state index contributed by atoms with van der Waals surface area (Å²) in [5, 5.41) is 2.87. The van der Waals surface area contributed by atoms with Gasteiger partial charge >= 0.3 is 0 Å². The Bertz CT molecular complexity index is 593. The van der Waals surface area contributed by atoms with E-state index in [0.29, 0.717) is 25.1 Å². The van der Waals surface area contributed by atoms with Crippen molar-refractivity contribution in [2.24, 2.45) is 11.1 Å². The molecule has 0 unspecified atom stereocenters. The number of anilines is 1. The molecular formula is C16H24ClN3O2S. The highest BCUT2D eigenvalue weighted by Crippen LogP contribution is 2.31. The van der Waals surface area contributed by atoms with Crippen LogP contribution in [0.5, 0.6) is 0 Å². The first-order valence-corrected chi connectivity index (χ1v) is 8.33. The number of rotatable bonds is 4. The normalized spacial score (nSPS) is 14.2. The van der Waals surface area contributed by atoms with Crippen molar-refractivity contribution in [3.63, 3.8) is 0 Å². The van der Waals surface area contributed by atoms with Gasteiger partial charge in [0.25, 0.3) is 5.91 Å². The lowest BCUT2D eigenvalue weighted by atomic mass is 9.93. The molecule has 0 saturated heterocycles. The molecule has 1 aromatic rings. The predicted octanol–water partition coefficient (Wildman–Crippen LogP) is 2.60. The van der Waals surface area contributed by atoms with E-state index in [0.717, 1.165) is 16.3 Å². The van der Waals surface area contributed by atoms with Gasteiger partial charge in [-0.2, -0.15) is 0 Å². The largest absolute Gasteiger partial charge is 0.341 e. The van der Waals surface area contributed by atoms with Gasteiger partial charge in [0.2, 0.25) is 5.91 Å². The number of hydrogen-bond donors (Lipinski definition) is 2. The van der Waals surface area contributed by atoms with Crippen LogP contribution in [0.3, 0.4) is 0 Å². The maximum absolute atomic E-state index is 12.6. The number of nitrogens with two attached hydrogens (primary N) is 1. The van der Waals surface area contributed by atoms with E-state index < -0.39 is 0 Å². The highest BCUT2D eigenvalue weighted by atomic mass is 35.5. The van der Waals surface area contributed by atoms with Gasteiger partial charge in [-0.3, -0.25) is 9.59 Å². The average molecular weight is 358 g/mol. The maximum atomic E-state index is 12.6. The van der Waals surface area contributed by atoms with Crippen molar-refractivity contribution in [2.75, 3.05) is 31.2 Å². The Morgan fingerprint density at radius 3 is 2.78 bits per heavy atom. The Balaban J connectivity index is 0.00000264. The minimum Gasteiger partial charge on any atom is -0.341 e. The second-order valence-corrected chi connectivity index (χ2v) is 7.52. The van der Waals surface area contributed by atoms with E-state index in [1.807, 2.05) is 26.0 Å². The molecule has 0 bridgehead atoms. The van der Waals surface area contributed by atoms with Crippen LogP contribution in [0.15, 0.2) is 23.1 Å². The molecule has 0 atom stereocenters. The van der Waals surface area contributed by atoms with Crippen LogP contribution in [0.1, 0.15) is 30.6 Å². The monoisotopic (exact) mass is 357 g/mol. The summed E-state index contributed by atoms with van der Waals surface area (Å²) in [7, 11) is 1.78. The van der Waals surface area contributed by atoms with Crippen molar-refractivity contribution in [1.82, 2.24) is 4.90 Å². The molecule has 0 aromatic heterocycles. The molecule has 1 aliphatic rings. The summed E-state index contributed by atoms with van der Waals surface area (Å²) in [6.45, 7) is 5.16. The number of thioether (sulfide) groups is 1. The van der Waals surface area contributed by atoms with Gasteiger partial charge in [-0.05, 0) is 30.2 Å². The molecule has 128 valence electrons. The van der Waals surface area contributed by atoms with Crippen LogP contribution in [0.2, 0.25) is 0 Å². The highest BCUT2D eigenvalue weighted by Gasteiger charge is 2.23. The number of nitrogens with zero attached hydrogens (tertiary/aromatic N) is 1. The third-order valence-corrected chi connectivity index (χ3v) is 4.73. The fourth-order valence-corrected chi connectivity index (χ4v) is 3.29. The van der Waals surface area contributed by atoms with Gasteiger partial charge in [0.15, 0.2) is 0 Å². The average Bonchev–Trinajstić information content (AvgIpc) is 2.65. The second kappa shape index (κ2) is 8.04. The summed E-state index contributed by atoms with van der Waals surface area (Å²) < 4.78 is 0. The van der Waals surface area contributed by atoms with Crippen LogP contribution >= 0.6 is 24.2 Å². The van der Waals surface area contributed by atoms with E-state index in [9.17, 15) is 9.59 Å². The van der Waals surface area contributed by atoms with Crippen molar-refractivity contribution in [3.05, 3.63) is 23.8 Å². The van der Waals surface area contributed by atoms with E-state index in [1.54, 1.807) is 29.8 Å². The molecule has 23 heavy (non-hydrogen) atoms. The Morgan fingerprint density at radius 1 is 1.43 bits per heavy atom. The number of nitrogens with one attached hydrogen (secondary N) is 1. The van der Waals surface area contributed by atoms with Crippen LogP contribution in [0.4, 0.5) is 5.69 Å². The lowest BCUT2D eigenvalue weighted by Crippen LogP contribution is -2.39. The van der Waals surface area contributed by atoms with Gasteiger partial charge in [0.1, 0.15) is 0 Å². The second-order valence-electron chi connectivity index (χ2n) is 6.39. The van der Waals surface area contributed by atoms with Gasteiger partial charge in [-0.1, -0.05) is 13.8 Å². The zero-order chi connectivity index (χ0) is 16.3. The number of hydrogen-bond acceptors (Lipinski definition) is 4. The Labute approximate surface area is 147 Å². The number of amides is 2. The number of benzene rings is 1. The standard InChI is InChI=1S/C16H23N3O2S.ClH/c1-16(2,9-17)10-19(3)15(21)11-4-5-13-12(8-11)18-14(20)6-7-22-13;/h4-5,8H,6-7,9-10,17H2,1-3H3,(H,18,20);1H. The summed E-state index contributed by atoms with van der Waals surface area (Å²) in [5.74, 6) is 0.692. The van der Waals surface area contributed by atoms with Crippen LogP contribution in [0.25, 0.3) is 0 Å². The summed E-state index contributed by atoms with van der Waals surface area (Å²) >= 11 is 1.63. The van der Waals surface area contributed by atoms with E-state index >= 15 is 0 Å². The van der Waals surface area contributed by atoms with Crippen LogP contribution in [-0.4, -0.2) is 42.6 Å². The zero-order valence-corrected chi connectivity index (χ0v) is 15.4. The number of carbonyl (C=O) groups excluding carboxylic acids is 2. The topological polar surface area (TPSA) is 75.4 Å². The number of halogens is 1. The maximum Gasteiger partial charge on any atom is 0.253 e. The van der Waals surface area contributed by atoms with Crippen LogP contribution in [-0.2, 0) is 4.79 Å². The SMILES string of the molecule is CN(CC(C)(C)CN)C(=O)c1ccc2c(c1)NC(=O)CCS2.Cl. The Hall–Kier alpha value is -1.24. The van der Waals surface area contributed by atoms with Gasteiger partial charge in [-0.15, -0.1) is 24.2 Å². The minimum absolute atomic E-state index is 0. The Kier molecular flexibility index (Phi) is 6.92. The summed E-state index contributed by atoms with van der Waals surface area (Å²) in [5.41, 5.74) is 6.91. The molecule has 2 rings (SSSR count). The third-order valence-electron chi connectivity index (χ3n) is 3.65. The number of fused-ring (bicyclic) bond motifs is 1. The molecule has 0 radical (unpaired) electrons. The molecular weight excluding hydrogens is 334 g/mol. The molecule has 0 spiro atoms. The summed E-state index contributed by atoms with van der Waals surface area (Å²) in [6.07, 6.45) is 0.493. The third kappa shape index (κ3) is 5.12. The predicted molar refractivity (Wildman–Crippen MR) is 97.5 cm³/mol. The Morgan fingerprint density at radius 2 is 2.13 bits per heavy atom. The van der Waals surface area contributed by atoms with Crippen molar-refractivity contribution >= 4 is 41.7 Å². The molecule has 1 heterocycles. The minimum atomic E-state index is -0.125. The summed E-state index contributed by atoms with van der Waals surface area (Å²) in [4.78, 5) is 26.9. The van der Waals surface area contributed by atoms with Crippen molar-refractivity contribution in [2.45, 2.75) is 25.2 Å². The highest BCUT2D eigenvalue weighted by molar-refractivity contribution is 7.99. The van der Waals surface area contributed by atoms with E-state index in [2.05, 4.69) is 5.32 Å². The first-order valence-electron chi connectivity index (χ1n) is 7.35. The molecule has 0 saturated carbocycles. The molecule has 1 aliphatic heterocycles. The van der Waals surface area contributed by atoms with Crippen LogP contribution < -0.4 is 11.1 Å². The molecule has 1 aromatic carbocycles. The van der Waals surface area contributed by atoms with Crippen LogP contribution in [0, 0.1) is 5.41 Å². The van der Waals surface area contributed by atoms with Crippen molar-refractivity contribution in [1.29, 1.82) is 0 Å². The lowest BCUT2D eigenvalue weighted by Gasteiger charge is -2.29. The lowest BCUT2D eigenvalue weighted by molar-refractivity contribution is -0.115.